The Morgan fingerprint density at radius 3 is 3.03 bits per heavy atom. The van der Waals surface area contributed by atoms with E-state index in [1.54, 1.807) is 16.8 Å². The smallest absolute Gasteiger partial charge is 0.256 e. The van der Waals surface area contributed by atoms with Crippen molar-refractivity contribution in [3.8, 4) is 5.88 Å². The van der Waals surface area contributed by atoms with E-state index in [2.05, 4.69) is 20.3 Å². The third-order valence-corrected chi connectivity index (χ3v) is 7.51. The number of carbonyl (C=O) groups excluding carboxylic acids is 1. The van der Waals surface area contributed by atoms with Crippen LogP contribution in [-0.4, -0.2) is 45.2 Å². The Kier molecular flexibility index (Phi) is 3.22. The van der Waals surface area contributed by atoms with E-state index in [0.717, 1.165) is 43.6 Å². The van der Waals surface area contributed by atoms with E-state index in [1.165, 1.54) is 6.20 Å². The van der Waals surface area contributed by atoms with Crippen LogP contribution in [0.3, 0.4) is 0 Å². The van der Waals surface area contributed by atoms with E-state index >= 15 is 0 Å². The molecule has 1 unspecified atom stereocenters. The fourth-order valence-corrected chi connectivity index (χ4v) is 5.42. The zero-order valence-corrected chi connectivity index (χ0v) is 16.8. The molecule has 8 nitrogen and oxygen atoms in total. The summed E-state index contributed by atoms with van der Waals surface area (Å²) in [5.41, 5.74) is 1.33. The van der Waals surface area contributed by atoms with Crippen LogP contribution in [0.5, 0.6) is 5.88 Å². The number of hydrogen-bond donors (Lipinski definition) is 1. The lowest BCUT2D eigenvalue weighted by Gasteiger charge is -2.31. The number of nitrogens with one attached hydrogen (secondary N) is 1. The molecule has 3 aromatic heterocycles. The van der Waals surface area contributed by atoms with Crippen LogP contribution in [0.25, 0.3) is 5.65 Å². The molecule has 0 radical (unpaired) electrons. The minimum absolute atomic E-state index is 0.106. The van der Waals surface area contributed by atoms with Gasteiger partial charge in [-0.3, -0.25) is 4.79 Å². The van der Waals surface area contributed by atoms with Gasteiger partial charge in [-0.15, -0.1) is 0 Å². The first-order chi connectivity index (χ1) is 15.1. The van der Waals surface area contributed by atoms with Gasteiger partial charge >= 0.3 is 0 Å². The van der Waals surface area contributed by atoms with Crippen molar-refractivity contribution in [1.29, 1.82) is 0 Å². The second-order valence-corrected chi connectivity index (χ2v) is 9.36. The number of anilines is 1. The van der Waals surface area contributed by atoms with Crippen molar-refractivity contribution in [2.24, 2.45) is 11.3 Å². The first-order valence-electron chi connectivity index (χ1n) is 10.8. The molecule has 2 spiro atoms. The molecular weight excluding hydrogens is 399 g/mol. The molecular formula is C22H21FN6O2. The number of hydrogen-bond acceptors (Lipinski definition) is 6. The van der Waals surface area contributed by atoms with Crippen molar-refractivity contribution in [2.45, 2.75) is 31.2 Å². The van der Waals surface area contributed by atoms with Crippen molar-refractivity contribution in [3.63, 3.8) is 0 Å². The number of halogens is 1. The predicted molar refractivity (Wildman–Crippen MR) is 108 cm³/mol. The maximum Gasteiger partial charge on any atom is 0.256 e. The van der Waals surface area contributed by atoms with E-state index in [0.29, 0.717) is 36.2 Å². The molecule has 2 bridgehead atoms. The summed E-state index contributed by atoms with van der Waals surface area (Å²) in [5, 5.41) is 7.34. The van der Waals surface area contributed by atoms with Crippen LogP contribution >= 0.6 is 0 Å². The standard InChI is InChI=1S/C22H21FN6O2/c23-14-7-16-20(24-9-14)31-12-21(3-4-21)11-25-19(30)15-10-26-29-6-2-17(27-18(15)29)28-5-1-13-8-22(13,16)28/h2,6-7,9-10,13H,1,3-5,8,11-12H2,(H,25,30)/t13?,22-/m1/s1. The molecule has 1 N–H and O–H groups in total. The lowest BCUT2D eigenvalue weighted by Crippen LogP contribution is -2.36. The molecule has 4 aliphatic rings. The average Bonchev–Trinajstić information content (AvgIpc) is 3.63. The normalized spacial score (nSPS) is 27.8. The van der Waals surface area contributed by atoms with Gasteiger partial charge in [0.25, 0.3) is 5.91 Å². The van der Waals surface area contributed by atoms with Crippen molar-refractivity contribution >= 4 is 17.4 Å². The topological polar surface area (TPSA) is 84.7 Å². The molecule has 1 saturated heterocycles. The molecule has 0 aromatic carbocycles. The van der Waals surface area contributed by atoms with Gasteiger partial charge in [0.2, 0.25) is 5.88 Å². The van der Waals surface area contributed by atoms with Gasteiger partial charge < -0.3 is 15.0 Å². The Hall–Kier alpha value is -3.23. The van der Waals surface area contributed by atoms with Crippen LogP contribution in [0.15, 0.2) is 30.7 Å². The molecule has 2 aliphatic heterocycles. The largest absolute Gasteiger partial charge is 0.477 e. The number of aromatic nitrogens is 4. The molecule has 2 saturated carbocycles. The fraction of sp³-hybridized carbons (Fsp3) is 0.455. The number of pyridine rings is 1. The second kappa shape index (κ2) is 5.72. The monoisotopic (exact) mass is 420 g/mol. The SMILES string of the molecule is O=C1NCC2(CC2)COc2ncc(F)cc2[C@@]23CC2CCN3c2ccn3ncc1c3n2. The van der Waals surface area contributed by atoms with Crippen LogP contribution < -0.4 is 15.0 Å². The van der Waals surface area contributed by atoms with Gasteiger partial charge in [-0.25, -0.2) is 18.9 Å². The van der Waals surface area contributed by atoms with Gasteiger partial charge in [0.15, 0.2) is 5.65 Å². The number of fused-ring (bicyclic) bond motifs is 3. The van der Waals surface area contributed by atoms with E-state index in [-0.39, 0.29) is 22.7 Å². The van der Waals surface area contributed by atoms with Gasteiger partial charge in [0.05, 0.1) is 24.5 Å². The van der Waals surface area contributed by atoms with Crippen LogP contribution in [-0.2, 0) is 5.54 Å². The fourth-order valence-electron chi connectivity index (χ4n) is 5.42. The summed E-state index contributed by atoms with van der Waals surface area (Å²) in [7, 11) is 0. The maximum absolute atomic E-state index is 14.3. The Morgan fingerprint density at radius 1 is 1.29 bits per heavy atom. The maximum atomic E-state index is 14.3. The number of nitrogens with zero attached hydrogens (tertiary/aromatic N) is 5. The quantitative estimate of drug-likeness (QED) is 0.601. The van der Waals surface area contributed by atoms with Crippen molar-refractivity contribution in [1.82, 2.24) is 24.9 Å². The molecule has 2 aliphatic carbocycles. The Morgan fingerprint density at radius 2 is 2.19 bits per heavy atom. The lowest BCUT2D eigenvalue weighted by atomic mass is 10.0. The summed E-state index contributed by atoms with van der Waals surface area (Å²) in [6.45, 7) is 1.77. The molecule has 2 atom stereocenters. The number of piperidine rings is 1. The van der Waals surface area contributed by atoms with E-state index in [9.17, 15) is 9.18 Å². The summed E-state index contributed by atoms with van der Waals surface area (Å²) in [5.74, 6) is 1.13. The summed E-state index contributed by atoms with van der Waals surface area (Å²) in [4.78, 5) is 24.3. The highest BCUT2D eigenvalue weighted by atomic mass is 19.1. The number of rotatable bonds is 0. The number of carbonyl (C=O) groups is 1. The third-order valence-electron chi connectivity index (χ3n) is 7.51. The third kappa shape index (κ3) is 2.40. The molecule has 9 heteroatoms. The molecule has 5 heterocycles. The molecule has 31 heavy (non-hydrogen) atoms. The van der Waals surface area contributed by atoms with E-state index in [4.69, 9.17) is 9.72 Å². The molecule has 158 valence electrons. The van der Waals surface area contributed by atoms with Crippen molar-refractivity contribution in [2.75, 3.05) is 24.6 Å². The van der Waals surface area contributed by atoms with Gasteiger partial charge in [-0.2, -0.15) is 5.10 Å². The van der Waals surface area contributed by atoms with Gasteiger partial charge in [0, 0.05) is 30.3 Å². The van der Waals surface area contributed by atoms with Crippen molar-refractivity contribution in [3.05, 3.63) is 47.7 Å². The average molecular weight is 420 g/mol. The summed E-state index contributed by atoms with van der Waals surface area (Å²) in [6.07, 6.45) is 8.48. The second-order valence-electron chi connectivity index (χ2n) is 9.36. The minimum Gasteiger partial charge on any atom is -0.477 e. The zero-order chi connectivity index (χ0) is 20.8. The van der Waals surface area contributed by atoms with Crippen molar-refractivity contribution < 1.29 is 13.9 Å². The van der Waals surface area contributed by atoms with Gasteiger partial charge in [0.1, 0.15) is 17.2 Å². The highest BCUT2D eigenvalue weighted by molar-refractivity contribution is 5.99. The Bertz CT molecular complexity index is 1250. The highest BCUT2D eigenvalue weighted by Gasteiger charge is 2.65. The Labute approximate surface area is 177 Å². The summed E-state index contributed by atoms with van der Waals surface area (Å²) < 4.78 is 22.2. The van der Waals surface area contributed by atoms with Crippen LogP contribution in [0.2, 0.25) is 0 Å². The number of amides is 1. The van der Waals surface area contributed by atoms with Crippen LogP contribution in [0.4, 0.5) is 10.2 Å². The zero-order valence-electron chi connectivity index (χ0n) is 16.8. The van der Waals surface area contributed by atoms with Gasteiger partial charge in [-0.05, 0) is 43.7 Å². The molecule has 3 aromatic rings. The molecule has 7 rings (SSSR count). The van der Waals surface area contributed by atoms with E-state index < -0.39 is 0 Å². The van der Waals surface area contributed by atoms with Gasteiger partial charge in [-0.1, -0.05) is 0 Å². The molecule has 1 amide bonds. The summed E-state index contributed by atoms with van der Waals surface area (Å²) >= 11 is 0. The van der Waals surface area contributed by atoms with Crippen LogP contribution in [0, 0.1) is 17.2 Å². The first-order valence-corrected chi connectivity index (χ1v) is 10.8. The van der Waals surface area contributed by atoms with Crippen LogP contribution in [0.1, 0.15) is 41.6 Å². The summed E-state index contributed by atoms with van der Waals surface area (Å²) in [6, 6.07) is 3.49. The number of ether oxygens (including phenoxy) is 1. The lowest BCUT2D eigenvalue weighted by molar-refractivity contribution is 0.0938. The predicted octanol–water partition coefficient (Wildman–Crippen LogP) is 2.29. The molecule has 3 fully saturated rings. The first kappa shape index (κ1) is 17.5. The van der Waals surface area contributed by atoms with E-state index in [1.807, 2.05) is 12.3 Å². The minimum atomic E-state index is -0.362. The Balaban J connectivity index is 1.43. The highest BCUT2D eigenvalue weighted by Crippen LogP contribution is 2.64.